The third-order valence-corrected chi connectivity index (χ3v) is 7.24. The van der Waals surface area contributed by atoms with E-state index in [1.54, 1.807) is 12.1 Å². The molecule has 1 aromatic carbocycles. The average Bonchev–Trinajstić information content (AvgIpc) is 3.29. The van der Waals surface area contributed by atoms with E-state index in [2.05, 4.69) is 32.3 Å². The van der Waals surface area contributed by atoms with Crippen molar-refractivity contribution in [3.8, 4) is 5.75 Å². The minimum Gasteiger partial charge on any atom is -0.508 e. The van der Waals surface area contributed by atoms with Crippen molar-refractivity contribution in [2.24, 2.45) is 0 Å². The summed E-state index contributed by atoms with van der Waals surface area (Å²) in [5, 5.41) is 29.7. The molecular weight excluding hydrogens is 460 g/mol. The molecule has 32 heavy (non-hydrogen) atoms. The van der Waals surface area contributed by atoms with E-state index in [0.29, 0.717) is 16.7 Å². The van der Waals surface area contributed by atoms with Gasteiger partial charge in [0.25, 0.3) is 0 Å². The van der Waals surface area contributed by atoms with E-state index in [1.165, 1.54) is 29.4 Å². The van der Waals surface area contributed by atoms with Crippen molar-refractivity contribution in [2.45, 2.75) is 29.8 Å². The monoisotopic (exact) mass is 482 g/mol. The summed E-state index contributed by atoms with van der Waals surface area (Å²) in [6.07, 6.45) is -2.21. The second-order valence-corrected chi connectivity index (χ2v) is 9.84. The number of rotatable bonds is 7. The van der Waals surface area contributed by atoms with Gasteiger partial charge in [-0.15, -0.1) is 0 Å². The Morgan fingerprint density at radius 3 is 2.78 bits per heavy atom. The zero-order chi connectivity index (χ0) is 23.0. The predicted octanol–water partition coefficient (Wildman–Crippen LogP) is -0.676. The number of nitrogen functional groups attached to an aromatic ring is 1. The minimum atomic E-state index is -3.82. The summed E-state index contributed by atoms with van der Waals surface area (Å²) in [5.74, 6) is -0.205. The van der Waals surface area contributed by atoms with E-state index < -0.39 is 39.8 Å². The van der Waals surface area contributed by atoms with E-state index >= 15 is 0 Å². The highest BCUT2D eigenvalue weighted by Crippen LogP contribution is 2.32. The zero-order valence-electron chi connectivity index (χ0n) is 16.6. The van der Waals surface area contributed by atoms with Crippen LogP contribution in [0.1, 0.15) is 17.0 Å². The van der Waals surface area contributed by atoms with Gasteiger partial charge in [-0.25, -0.2) is 28.1 Å². The molecule has 0 bridgehead atoms. The lowest BCUT2D eigenvalue weighted by atomic mass is 10.1. The van der Waals surface area contributed by atoms with E-state index in [1.807, 2.05) is 0 Å². The lowest BCUT2D eigenvalue weighted by Crippen LogP contribution is -2.40. The number of imidazole rings is 1. The van der Waals surface area contributed by atoms with E-state index in [0.717, 1.165) is 0 Å². The van der Waals surface area contributed by atoms with Gasteiger partial charge in [0.15, 0.2) is 17.7 Å². The SMILES string of the molecule is Nc1ncnc2c1ncn2[C@@H]1O[C@H](CNS(=O)(=O)C[C@H](S)c2cccc(O)c2)[C@@H](O)[C@H]1O. The number of fused-ring (bicyclic) bond motifs is 1. The Morgan fingerprint density at radius 1 is 1.25 bits per heavy atom. The smallest absolute Gasteiger partial charge is 0.213 e. The van der Waals surface area contributed by atoms with Crippen molar-refractivity contribution in [1.82, 2.24) is 24.2 Å². The Labute approximate surface area is 188 Å². The average molecular weight is 483 g/mol. The number of anilines is 1. The fourth-order valence-electron chi connectivity index (χ4n) is 3.49. The molecule has 0 amide bonds. The van der Waals surface area contributed by atoms with Crippen molar-refractivity contribution in [3.63, 3.8) is 0 Å². The van der Waals surface area contributed by atoms with E-state index in [9.17, 15) is 23.7 Å². The number of nitrogens with zero attached hydrogens (tertiary/aromatic N) is 4. The van der Waals surface area contributed by atoms with Crippen LogP contribution in [0.4, 0.5) is 5.82 Å². The van der Waals surface area contributed by atoms with Gasteiger partial charge in [0.2, 0.25) is 10.0 Å². The van der Waals surface area contributed by atoms with Gasteiger partial charge in [-0.05, 0) is 17.7 Å². The number of nitrogens with one attached hydrogen (secondary N) is 1. The second kappa shape index (κ2) is 8.80. The molecule has 0 saturated carbocycles. The first kappa shape index (κ1) is 22.7. The Bertz CT molecular complexity index is 1220. The van der Waals surface area contributed by atoms with Gasteiger partial charge in [-0.2, -0.15) is 12.6 Å². The first-order valence-corrected chi connectivity index (χ1v) is 11.7. The number of sulfonamides is 1. The summed E-state index contributed by atoms with van der Waals surface area (Å²) in [4.78, 5) is 12.0. The normalized spacial score (nSPS) is 24.7. The molecule has 4 rings (SSSR count). The maximum absolute atomic E-state index is 12.5. The largest absolute Gasteiger partial charge is 0.508 e. The molecule has 1 fully saturated rings. The summed E-state index contributed by atoms with van der Waals surface area (Å²) >= 11 is 4.31. The third kappa shape index (κ3) is 4.51. The second-order valence-electron chi connectivity index (χ2n) is 7.37. The van der Waals surface area contributed by atoms with Crippen LogP contribution in [0.5, 0.6) is 5.75 Å². The Morgan fingerprint density at radius 2 is 2.03 bits per heavy atom. The first-order valence-electron chi connectivity index (χ1n) is 9.55. The number of aliphatic hydroxyl groups excluding tert-OH is 2. The number of hydrogen-bond acceptors (Lipinski definition) is 11. The van der Waals surface area contributed by atoms with E-state index in [-0.39, 0.29) is 23.9 Å². The fourth-order valence-corrected chi connectivity index (χ4v) is 5.38. The highest BCUT2D eigenvalue weighted by atomic mass is 32.2. The third-order valence-electron chi connectivity index (χ3n) is 5.14. The molecular formula is C18H22N6O6S2. The van der Waals surface area contributed by atoms with Crippen molar-refractivity contribution in [3.05, 3.63) is 42.5 Å². The summed E-state index contributed by atoms with van der Waals surface area (Å²) in [6.45, 7) is -0.276. The number of aliphatic hydroxyl groups is 2. The molecule has 12 nitrogen and oxygen atoms in total. The van der Waals surface area contributed by atoms with Crippen molar-refractivity contribution < 1.29 is 28.5 Å². The van der Waals surface area contributed by atoms with Crippen LogP contribution in [-0.4, -0.2) is 73.9 Å². The maximum Gasteiger partial charge on any atom is 0.213 e. The van der Waals surface area contributed by atoms with Crippen LogP contribution < -0.4 is 10.5 Å². The Hall–Kier alpha value is -2.49. The Balaban J connectivity index is 1.43. The van der Waals surface area contributed by atoms with Crippen LogP contribution in [0, 0.1) is 0 Å². The number of aromatic nitrogens is 4. The van der Waals surface area contributed by atoms with Gasteiger partial charge in [-0.3, -0.25) is 4.57 Å². The van der Waals surface area contributed by atoms with Gasteiger partial charge in [0.1, 0.15) is 35.9 Å². The molecule has 3 aromatic rings. The van der Waals surface area contributed by atoms with Gasteiger partial charge >= 0.3 is 0 Å². The number of ether oxygens (including phenoxy) is 1. The van der Waals surface area contributed by atoms with Crippen molar-refractivity contribution >= 4 is 39.6 Å². The van der Waals surface area contributed by atoms with Crippen molar-refractivity contribution in [2.75, 3.05) is 18.0 Å². The van der Waals surface area contributed by atoms with E-state index in [4.69, 9.17) is 10.5 Å². The molecule has 0 unspecified atom stereocenters. The lowest BCUT2D eigenvalue weighted by molar-refractivity contribution is -0.0330. The molecule has 5 atom stereocenters. The van der Waals surface area contributed by atoms with Crippen LogP contribution in [-0.2, 0) is 14.8 Å². The number of phenolic OH excluding ortho intramolecular Hbond substituents is 1. The summed E-state index contributed by atoms with van der Waals surface area (Å²) in [6, 6.07) is 6.16. The molecule has 172 valence electrons. The molecule has 2 aromatic heterocycles. The first-order chi connectivity index (χ1) is 15.2. The highest BCUT2D eigenvalue weighted by Gasteiger charge is 2.44. The molecule has 3 heterocycles. The number of aromatic hydroxyl groups is 1. The molecule has 0 radical (unpaired) electrons. The highest BCUT2D eigenvalue weighted by molar-refractivity contribution is 7.90. The molecule has 1 saturated heterocycles. The standard InChI is InChI=1S/C18H22N6O6S2/c19-16-13-17(21-7-20-16)24(8-22-13)18-15(27)14(26)11(30-18)5-23-32(28,29)6-12(31)9-2-1-3-10(25)4-9/h1-4,7-8,11-12,14-15,18,23,25-27,31H,5-6H2,(H2,19,20,21)/t11-,12+,14-,15-,18-/m1/s1. The van der Waals surface area contributed by atoms with Crippen molar-refractivity contribution in [1.29, 1.82) is 0 Å². The van der Waals surface area contributed by atoms with Gasteiger partial charge in [-0.1, -0.05) is 12.1 Å². The molecule has 1 aliphatic rings. The lowest BCUT2D eigenvalue weighted by Gasteiger charge is -2.17. The minimum absolute atomic E-state index is 0.00784. The van der Waals surface area contributed by atoms with Crippen LogP contribution in [0.3, 0.4) is 0 Å². The van der Waals surface area contributed by atoms with Gasteiger partial charge in [0.05, 0.1) is 12.1 Å². The van der Waals surface area contributed by atoms with Crippen LogP contribution in [0.25, 0.3) is 11.2 Å². The van der Waals surface area contributed by atoms with Gasteiger partial charge < -0.3 is 25.8 Å². The molecule has 14 heteroatoms. The maximum atomic E-state index is 12.5. The number of hydrogen-bond donors (Lipinski definition) is 6. The van der Waals surface area contributed by atoms with Crippen LogP contribution in [0.15, 0.2) is 36.9 Å². The quantitative estimate of drug-likeness (QED) is 0.236. The molecule has 0 spiro atoms. The predicted molar refractivity (Wildman–Crippen MR) is 117 cm³/mol. The Kier molecular flexibility index (Phi) is 6.24. The molecule has 1 aliphatic heterocycles. The summed E-state index contributed by atoms with van der Waals surface area (Å²) in [7, 11) is -3.82. The summed E-state index contributed by atoms with van der Waals surface area (Å²) in [5.41, 5.74) is 6.93. The number of thiol groups is 1. The molecule has 0 aliphatic carbocycles. The number of phenols is 1. The fraction of sp³-hybridized carbons (Fsp3) is 0.389. The van der Waals surface area contributed by atoms with Crippen LogP contribution in [0.2, 0.25) is 0 Å². The summed E-state index contributed by atoms with van der Waals surface area (Å²) < 4.78 is 34.5. The number of benzene rings is 1. The van der Waals surface area contributed by atoms with Gasteiger partial charge in [0, 0.05) is 11.8 Å². The topological polar surface area (TPSA) is 186 Å². The zero-order valence-corrected chi connectivity index (χ0v) is 18.3. The van der Waals surface area contributed by atoms with Crippen LogP contribution >= 0.6 is 12.6 Å². The molecule has 6 N–H and O–H groups in total. The number of nitrogens with two attached hydrogens (primary N) is 1.